The number of alkyl halides is 2. The van der Waals surface area contributed by atoms with Crippen LogP contribution in [0, 0.1) is 0 Å². The Balaban J connectivity index is 1.66. The van der Waals surface area contributed by atoms with Crippen molar-refractivity contribution in [1.82, 2.24) is 4.98 Å². The van der Waals surface area contributed by atoms with Crippen LogP contribution in [0.3, 0.4) is 0 Å². The highest BCUT2D eigenvalue weighted by Crippen LogP contribution is 2.28. The Morgan fingerprint density at radius 2 is 2.00 bits per heavy atom. The molecule has 1 aliphatic rings. The number of rotatable bonds is 6. The number of carbonyl (C=O) groups excluding carboxylic acids is 1. The van der Waals surface area contributed by atoms with Gasteiger partial charge in [-0.05, 0) is 23.1 Å². The first-order valence-corrected chi connectivity index (χ1v) is 8.32. The van der Waals surface area contributed by atoms with E-state index >= 15 is 0 Å². The molecule has 0 radical (unpaired) electrons. The van der Waals surface area contributed by atoms with E-state index in [1.807, 2.05) is 37.3 Å². The molecule has 2 aromatic rings. The van der Waals surface area contributed by atoms with E-state index in [1.165, 1.54) is 6.20 Å². The van der Waals surface area contributed by atoms with Crippen LogP contribution in [-0.4, -0.2) is 22.4 Å². The molecule has 1 atom stereocenters. The van der Waals surface area contributed by atoms with Gasteiger partial charge in [0.15, 0.2) is 0 Å². The Hall–Kier alpha value is -2.43. The van der Waals surface area contributed by atoms with Gasteiger partial charge in [0.25, 0.3) is 5.92 Å². The van der Waals surface area contributed by atoms with Crippen LogP contribution in [0.5, 0.6) is 0 Å². The third-order valence-corrected chi connectivity index (χ3v) is 4.41. The summed E-state index contributed by atoms with van der Waals surface area (Å²) in [6, 6.07) is 11.6. The predicted octanol–water partition coefficient (Wildman–Crippen LogP) is 4.34. The first-order chi connectivity index (χ1) is 11.8. The molecule has 2 heterocycles. The molecule has 3 rings (SSSR count). The maximum atomic E-state index is 13.5. The number of hydrogen-bond donors (Lipinski definition) is 0. The summed E-state index contributed by atoms with van der Waals surface area (Å²) >= 11 is 0. The SMILES string of the molecule is C[C@@H](CC(=O)Cc1cc2c(cn1)C(C(C)(F)F)=NC2)c1ccccc1. The monoisotopic (exact) mass is 342 g/mol. The molecule has 0 bridgehead atoms. The number of aromatic nitrogens is 1. The molecule has 0 amide bonds. The van der Waals surface area contributed by atoms with Gasteiger partial charge in [0.2, 0.25) is 0 Å². The van der Waals surface area contributed by atoms with Crippen LogP contribution in [-0.2, 0) is 17.8 Å². The van der Waals surface area contributed by atoms with Crippen LogP contribution in [0.4, 0.5) is 8.78 Å². The van der Waals surface area contributed by atoms with Gasteiger partial charge in [-0.2, -0.15) is 8.78 Å². The zero-order chi connectivity index (χ0) is 18.0. The fraction of sp³-hybridized carbons (Fsp3) is 0.350. The molecule has 130 valence electrons. The van der Waals surface area contributed by atoms with E-state index in [9.17, 15) is 13.6 Å². The summed E-state index contributed by atoms with van der Waals surface area (Å²) in [4.78, 5) is 20.5. The Bertz CT molecular complexity index is 810. The number of Topliss-reactive ketones (excluding diaryl/α,β-unsaturated/α-hetero) is 1. The van der Waals surface area contributed by atoms with E-state index in [4.69, 9.17) is 0 Å². The van der Waals surface area contributed by atoms with Crippen LogP contribution >= 0.6 is 0 Å². The topological polar surface area (TPSA) is 42.3 Å². The quantitative estimate of drug-likeness (QED) is 0.783. The molecule has 0 fully saturated rings. The Morgan fingerprint density at radius 1 is 1.28 bits per heavy atom. The van der Waals surface area contributed by atoms with Crippen LogP contribution in [0.2, 0.25) is 0 Å². The molecule has 1 aliphatic heterocycles. The fourth-order valence-electron chi connectivity index (χ4n) is 3.13. The largest absolute Gasteiger partial charge is 0.299 e. The number of nitrogens with zero attached hydrogens (tertiary/aromatic N) is 2. The van der Waals surface area contributed by atoms with Crippen LogP contribution in [0.25, 0.3) is 0 Å². The average Bonchev–Trinajstić information content (AvgIpc) is 2.99. The van der Waals surface area contributed by atoms with Crippen molar-refractivity contribution in [2.45, 2.75) is 45.1 Å². The first kappa shape index (κ1) is 17.4. The predicted molar refractivity (Wildman–Crippen MR) is 93.3 cm³/mol. The van der Waals surface area contributed by atoms with E-state index < -0.39 is 5.92 Å². The molecule has 0 unspecified atom stereocenters. The van der Waals surface area contributed by atoms with E-state index in [-0.39, 0.29) is 30.4 Å². The first-order valence-electron chi connectivity index (χ1n) is 8.32. The molecule has 3 nitrogen and oxygen atoms in total. The van der Waals surface area contributed by atoms with Crippen molar-refractivity contribution < 1.29 is 13.6 Å². The van der Waals surface area contributed by atoms with Crippen LogP contribution < -0.4 is 0 Å². The summed E-state index contributed by atoms with van der Waals surface area (Å²) in [5.74, 6) is -2.75. The summed E-state index contributed by atoms with van der Waals surface area (Å²) in [7, 11) is 0. The number of pyridine rings is 1. The van der Waals surface area contributed by atoms with Crippen molar-refractivity contribution in [2.75, 3.05) is 0 Å². The second-order valence-electron chi connectivity index (χ2n) is 6.62. The lowest BCUT2D eigenvalue weighted by atomic mass is 9.94. The highest BCUT2D eigenvalue weighted by Gasteiger charge is 2.35. The second-order valence-corrected chi connectivity index (χ2v) is 6.62. The van der Waals surface area contributed by atoms with Gasteiger partial charge in [-0.15, -0.1) is 0 Å². The number of carbonyl (C=O) groups is 1. The third kappa shape index (κ3) is 3.98. The van der Waals surface area contributed by atoms with Crippen molar-refractivity contribution in [3.05, 3.63) is 65.0 Å². The highest BCUT2D eigenvalue weighted by atomic mass is 19.3. The summed E-state index contributed by atoms with van der Waals surface area (Å²) in [5.41, 5.74) is 2.62. The molecular formula is C20H20F2N2O. The Morgan fingerprint density at radius 3 is 2.68 bits per heavy atom. The number of halogens is 2. The second kappa shape index (κ2) is 6.82. The van der Waals surface area contributed by atoms with Gasteiger partial charge in [-0.25, -0.2) is 0 Å². The minimum atomic E-state index is -2.98. The molecule has 5 heteroatoms. The van der Waals surface area contributed by atoms with Crippen molar-refractivity contribution in [2.24, 2.45) is 4.99 Å². The standard InChI is InChI=1S/C20H20F2N2O/c1-13(14-6-4-3-5-7-14)8-17(25)10-16-9-15-11-24-19(20(2,21)22)18(15)12-23-16/h3-7,9,12-13H,8,10-11H2,1-2H3/t13-/m0/s1. The molecule has 0 spiro atoms. The molecule has 0 aliphatic carbocycles. The van der Waals surface area contributed by atoms with E-state index in [2.05, 4.69) is 9.98 Å². The molecule has 0 saturated carbocycles. The van der Waals surface area contributed by atoms with Crippen molar-refractivity contribution >= 4 is 11.5 Å². The van der Waals surface area contributed by atoms with Crippen molar-refractivity contribution in [3.63, 3.8) is 0 Å². The van der Waals surface area contributed by atoms with Gasteiger partial charge in [-0.3, -0.25) is 14.8 Å². The van der Waals surface area contributed by atoms with E-state index in [0.29, 0.717) is 23.2 Å². The van der Waals surface area contributed by atoms with Crippen LogP contribution in [0.15, 0.2) is 47.6 Å². The van der Waals surface area contributed by atoms with Gasteiger partial charge in [0.1, 0.15) is 11.5 Å². The zero-order valence-electron chi connectivity index (χ0n) is 14.3. The van der Waals surface area contributed by atoms with Crippen LogP contribution in [0.1, 0.15) is 48.6 Å². The Labute approximate surface area is 145 Å². The van der Waals surface area contributed by atoms with Crippen molar-refractivity contribution in [3.8, 4) is 0 Å². The summed E-state index contributed by atoms with van der Waals surface area (Å²) in [5, 5.41) is 0. The number of fused-ring (bicyclic) bond motifs is 1. The number of benzene rings is 1. The van der Waals surface area contributed by atoms with Gasteiger partial charge in [0.05, 0.1) is 6.54 Å². The van der Waals surface area contributed by atoms with Gasteiger partial charge >= 0.3 is 0 Å². The minimum Gasteiger partial charge on any atom is -0.299 e. The smallest absolute Gasteiger partial charge is 0.287 e. The maximum Gasteiger partial charge on any atom is 0.287 e. The summed E-state index contributed by atoms with van der Waals surface area (Å²) in [6.07, 6.45) is 2.06. The van der Waals surface area contributed by atoms with E-state index in [1.54, 1.807) is 6.07 Å². The molecule has 1 aromatic heterocycles. The summed E-state index contributed by atoms with van der Waals surface area (Å²) < 4.78 is 27.0. The Kier molecular flexibility index (Phi) is 4.75. The molecule has 0 N–H and O–H groups in total. The normalized spacial score (nSPS) is 14.8. The fourth-order valence-corrected chi connectivity index (χ4v) is 3.13. The average molecular weight is 342 g/mol. The van der Waals surface area contributed by atoms with Crippen molar-refractivity contribution in [1.29, 1.82) is 0 Å². The molecular weight excluding hydrogens is 322 g/mol. The molecule has 1 aromatic carbocycles. The maximum absolute atomic E-state index is 13.5. The lowest BCUT2D eigenvalue weighted by molar-refractivity contribution is -0.118. The van der Waals surface area contributed by atoms with Gasteiger partial charge in [0, 0.05) is 37.2 Å². The van der Waals surface area contributed by atoms with E-state index in [0.717, 1.165) is 12.5 Å². The third-order valence-electron chi connectivity index (χ3n) is 4.41. The zero-order valence-corrected chi connectivity index (χ0v) is 14.3. The molecule has 0 saturated heterocycles. The lowest BCUT2D eigenvalue weighted by Crippen LogP contribution is -2.24. The molecule has 25 heavy (non-hydrogen) atoms. The minimum absolute atomic E-state index is 0.0868. The number of hydrogen-bond acceptors (Lipinski definition) is 3. The number of ketones is 1. The van der Waals surface area contributed by atoms with Gasteiger partial charge < -0.3 is 0 Å². The highest BCUT2D eigenvalue weighted by molar-refractivity contribution is 6.07. The lowest BCUT2D eigenvalue weighted by Gasteiger charge is -2.12. The van der Waals surface area contributed by atoms with Gasteiger partial charge in [-0.1, -0.05) is 37.3 Å². The summed E-state index contributed by atoms with van der Waals surface area (Å²) in [6.45, 7) is 3.08. The number of aliphatic imine (C=N–C) groups is 1.